The van der Waals surface area contributed by atoms with Crippen LogP contribution >= 0.6 is 22.6 Å². The monoisotopic (exact) mass is 389 g/mol. The van der Waals surface area contributed by atoms with Gasteiger partial charge in [-0.05, 0) is 28.7 Å². The highest BCUT2D eigenvalue weighted by molar-refractivity contribution is 14.1. The van der Waals surface area contributed by atoms with Gasteiger partial charge < -0.3 is 4.74 Å². The van der Waals surface area contributed by atoms with Crippen LogP contribution in [0.25, 0.3) is 0 Å². The summed E-state index contributed by atoms with van der Waals surface area (Å²) in [5.74, 6) is -1.65. The van der Waals surface area contributed by atoms with Crippen molar-refractivity contribution in [3.8, 4) is 5.75 Å². The first-order valence-corrected chi connectivity index (χ1v) is 5.21. The molecule has 0 atom stereocenters. The standard InChI is InChI=1S/C8H3F7INO/c9-2-3-1-4(16)17-6(7(10,11)12)5(3)18-8(13,14)15/h1H,2H2. The van der Waals surface area contributed by atoms with Crippen LogP contribution in [0.5, 0.6) is 5.75 Å². The van der Waals surface area contributed by atoms with E-state index in [1.807, 2.05) is 0 Å². The van der Waals surface area contributed by atoms with Gasteiger partial charge in [0, 0.05) is 5.56 Å². The Hall–Kier alpha value is -0.810. The molecule has 0 aliphatic heterocycles. The second kappa shape index (κ2) is 5.05. The third-order valence-electron chi connectivity index (χ3n) is 1.65. The molecule has 1 rings (SSSR count). The van der Waals surface area contributed by atoms with Crippen LogP contribution in [0.15, 0.2) is 6.07 Å². The molecule has 0 amide bonds. The molecule has 0 aromatic carbocycles. The summed E-state index contributed by atoms with van der Waals surface area (Å²) in [4.78, 5) is 2.91. The number of aromatic nitrogens is 1. The summed E-state index contributed by atoms with van der Waals surface area (Å²) in [6, 6.07) is 0.747. The zero-order valence-corrected chi connectivity index (χ0v) is 10.3. The maximum Gasteiger partial charge on any atom is 0.573 e. The average molecular weight is 389 g/mol. The second-order valence-corrected chi connectivity index (χ2v) is 4.07. The van der Waals surface area contributed by atoms with Crippen molar-refractivity contribution in [3.63, 3.8) is 0 Å². The lowest BCUT2D eigenvalue weighted by Crippen LogP contribution is -2.22. The van der Waals surface area contributed by atoms with Gasteiger partial charge in [0.1, 0.15) is 10.4 Å². The maximum atomic E-state index is 12.5. The normalized spacial score (nSPS) is 12.7. The van der Waals surface area contributed by atoms with Gasteiger partial charge in [-0.15, -0.1) is 13.2 Å². The van der Waals surface area contributed by atoms with E-state index in [0.717, 1.165) is 6.07 Å². The summed E-state index contributed by atoms with van der Waals surface area (Å²) in [6.45, 7) is -1.53. The molecule has 0 saturated heterocycles. The van der Waals surface area contributed by atoms with Gasteiger partial charge in [0.25, 0.3) is 0 Å². The molecule has 1 aromatic heterocycles. The molecule has 0 N–H and O–H groups in total. The topological polar surface area (TPSA) is 22.1 Å². The summed E-state index contributed by atoms with van der Waals surface area (Å²) in [6.07, 6.45) is -10.5. The Bertz CT molecular complexity index is 442. The summed E-state index contributed by atoms with van der Waals surface area (Å²) < 4.78 is 88.8. The Morgan fingerprint density at radius 1 is 1.17 bits per heavy atom. The van der Waals surface area contributed by atoms with E-state index in [-0.39, 0.29) is 3.70 Å². The van der Waals surface area contributed by atoms with Crippen LogP contribution in [0.3, 0.4) is 0 Å². The molecule has 0 bridgehead atoms. The molecule has 0 spiro atoms. The second-order valence-electron chi connectivity index (χ2n) is 2.96. The number of hydrogen-bond acceptors (Lipinski definition) is 2. The predicted molar refractivity (Wildman–Crippen MR) is 53.5 cm³/mol. The fourth-order valence-electron chi connectivity index (χ4n) is 1.07. The molecule has 0 radical (unpaired) electrons. The Balaban J connectivity index is 3.43. The van der Waals surface area contributed by atoms with E-state index in [4.69, 9.17) is 0 Å². The fourth-order valence-corrected chi connectivity index (χ4v) is 1.69. The molecule has 0 unspecified atom stereocenters. The van der Waals surface area contributed by atoms with Crippen molar-refractivity contribution in [2.24, 2.45) is 0 Å². The van der Waals surface area contributed by atoms with Crippen LogP contribution in [0, 0.1) is 3.70 Å². The third kappa shape index (κ3) is 3.85. The van der Waals surface area contributed by atoms with Gasteiger partial charge in [-0.1, -0.05) is 0 Å². The summed E-state index contributed by atoms with van der Waals surface area (Å²) in [5, 5.41) is 0. The van der Waals surface area contributed by atoms with E-state index < -0.39 is 36.2 Å². The van der Waals surface area contributed by atoms with Gasteiger partial charge in [0.2, 0.25) is 0 Å². The van der Waals surface area contributed by atoms with Crippen LogP contribution in [0.2, 0.25) is 0 Å². The van der Waals surface area contributed by atoms with Crippen molar-refractivity contribution in [1.29, 1.82) is 0 Å². The molecule has 1 heterocycles. The minimum Gasteiger partial charge on any atom is -0.403 e. The highest BCUT2D eigenvalue weighted by atomic mass is 127. The van der Waals surface area contributed by atoms with E-state index in [0.29, 0.717) is 0 Å². The first-order chi connectivity index (χ1) is 8.04. The Kier molecular flexibility index (Phi) is 4.28. The molecule has 10 heteroatoms. The predicted octanol–water partition coefficient (Wildman–Crippen LogP) is 4.07. The number of alkyl halides is 7. The average Bonchev–Trinajstić information content (AvgIpc) is 2.16. The lowest BCUT2D eigenvalue weighted by atomic mass is 10.2. The third-order valence-corrected chi connectivity index (χ3v) is 2.20. The highest BCUT2D eigenvalue weighted by Crippen LogP contribution is 2.40. The van der Waals surface area contributed by atoms with E-state index >= 15 is 0 Å². The molecule has 0 aliphatic rings. The quantitative estimate of drug-likeness (QED) is 0.432. The number of nitrogens with zero attached hydrogens (tertiary/aromatic N) is 1. The van der Waals surface area contributed by atoms with E-state index in [1.165, 1.54) is 22.6 Å². The summed E-state index contributed by atoms with van der Waals surface area (Å²) in [5.41, 5.74) is -2.77. The van der Waals surface area contributed by atoms with Crippen molar-refractivity contribution in [2.45, 2.75) is 19.2 Å². The molecule has 102 valence electrons. The number of pyridine rings is 1. The molecule has 18 heavy (non-hydrogen) atoms. The van der Waals surface area contributed by atoms with Gasteiger partial charge in [-0.3, -0.25) is 0 Å². The Labute approximate surface area is 109 Å². The Morgan fingerprint density at radius 2 is 1.72 bits per heavy atom. The number of ether oxygens (including phenoxy) is 1. The molecule has 2 nitrogen and oxygen atoms in total. The zero-order valence-electron chi connectivity index (χ0n) is 8.16. The lowest BCUT2D eigenvalue weighted by molar-refractivity contribution is -0.276. The zero-order chi connectivity index (χ0) is 14.1. The summed E-state index contributed by atoms with van der Waals surface area (Å²) in [7, 11) is 0. The van der Waals surface area contributed by atoms with Crippen LogP contribution in [0.1, 0.15) is 11.3 Å². The summed E-state index contributed by atoms with van der Waals surface area (Å²) >= 11 is 1.33. The maximum absolute atomic E-state index is 12.5. The number of halogens is 8. The van der Waals surface area contributed by atoms with Gasteiger partial charge in [-0.25, -0.2) is 9.37 Å². The van der Waals surface area contributed by atoms with Crippen LogP contribution in [-0.2, 0) is 12.9 Å². The van der Waals surface area contributed by atoms with Gasteiger partial charge >= 0.3 is 12.5 Å². The van der Waals surface area contributed by atoms with E-state index in [9.17, 15) is 30.7 Å². The van der Waals surface area contributed by atoms with Gasteiger partial charge in [0.05, 0.1) is 0 Å². The van der Waals surface area contributed by atoms with Crippen LogP contribution in [0.4, 0.5) is 30.7 Å². The SMILES string of the molecule is FCc1cc(I)nc(C(F)(F)F)c1OC(F)(F)F. The minimum atomic E-state index is -5.36. The Morgan fingerprint density at radius 3 is 2.11 bits per heavy atom. The molecular formula is C8H3F7INO. The largest absolute Gasteiger partial charge is 0.573 e. The van der Waals surface area contributed by atoms with Gasteiger partial charge in [0.15, 0.2) is 11.4 Å². The first kappa shape index (κ1) is 15.2. The van der Waals surface area contributed by atoms with Crippen molar-refractivity contribution in [1.82, 2.24) is 4.98 Å². The van der Waals surface area contributed by atoms with Crippen molar-refractivity contribution < 1.29 is 35.5 Å². The molecule has 0 fully saturated rings. The molecule has 0 aliphatic carbocycles. The number of rotatable bonds is 2. The van der Waals surface area contributed by atoms with Crippen molar-refractivity contribution in [3.05, 3.63) is 21.0 Å². The van der Waals surface area contributed by atoms with Gasteiger partial charge in [-0.2, -0.15) is 13.2 Å². The lowest BCUT2D eigenvalue weighted by Gasteiger charge is -2.17. The fraction of sp³-hybridized carbons (Fsp3) is 0.375. The van der Waals surface area contributed by atoms with E-state index in [1.54, 1.807) is 0 Å². The minimum absolute atomic E-state index is 0.290. The molecule has 0 saturated carbocycles. The van der Waals surface area contributed by atoms with Crippen LogP contribution < -0.4 is 4.74 Å². The van der Waals surface area contributed by atoms with E-state index in [2.05, 4.69) is 9.72 Å². The van der Waals surface area contributed by atoms with Crippen molar-refractivity contribution in [2.75, 3.05) is 0 Å². The van der Waals surface area contributed by atoms with Crippen LogP contribution in [-0.4, -0.2) is 11.3 Å². The first-order valence-electron chi connectivity index (χ1n) is 4.13. The van der Waals surface area contributed by atoms with Crippen molar-refractivity contribution >= 4 is 22.6 Å². The molecule has 1 aromatic rings. The highest BCUT2D eigenvalue weighted by Gasteiger charge is 2.42. The number of hydrogen-bond donors (Lipinski definition) is 0. The smallest absolute Gasteiger partial charge is 0.403 e. The molecular weight excluding hydrogens is 386 g/mol.